The number of hydrogen-bond donors (Lipinski definition) is 9. The second-order valence-corrected chi connectivity index (χ2v) is 23.1. The number of nitriles is 1. The lowest BCUT2D eigenvalue weighted by molar-refractivity contribution is -0.385. The Kier molecular flexibility index (Phi) is 40.3. The fourth-order valence-electron chi connectivity index (χ4n) is 8.65. The van der Waals surface area contributed by atoms with E-state index in [1.54, 1.807) is 70.4 Å². The number of nitrogens with one attached hydrogen (secondary N) is 8. The summed E-state index contributed by atoms with van der Waals surface area (Å²) in [7, 11) is 12.0. The minimum absolute atomic E-state index is 0.00449. The molecular formula is C75H74Cl4F4N12O15. The SMILES string of the molecule is CNC(=O)c1c(C)cccc1Cl.CNC(=O)c1c(Cl)cccc1Cl.CNC(=O)c1cc(C#N)ccc1Cl.CNC(=O)c1cc([N+](=O)[O-])ccc1C.CNC(=O)c1ccc(F)cc1C(F)(F)F.CNC(=O)c1ccc([N+](=O)[O-])cc1C.CNC(=O)c1ccccc1[N+](=O)[O-].CNC(O)c1ccccc1Oc1ccccc1. The molecule has 9 aromatic carbocycles. The average molecular weight is 1600 g/mol. The third kappa shape index (κ3) is 29.7. The Labute approximate surface area is 648 Å². The third-order valence-corrected chi connectivity index (χ3v) is 15.5. The Morgan fingerprint density at radius 1 is 0.445 bits per heavy atom. The first-order valence-electron chi connectivity index (χ1n) is 31.7. The van der Waals surface area contributed by atoms with Crippen LogP contribution >= 0.6 is 46.4 Å². The Morgan fingerprint density at radius 2 is 0.900 bits per heavy atom. The van der Waals surface area contributed by atoms with Gasteiger partial charge in [0, 0.05) is 96.4 Å². The maximum atomic E-state index is 12.6. The number of nitro benzene ring substituents is 3. The van der Waals surface area contributed by atoms with Crippen LogP contribution in [0, 0.1) is 68.3 Å². The summed E-state index contributed by atoms with van der Waals surface area (Å²) in [6, 6.07) is 49.8. The average Bonchev–Trinajstić information content (AvgIpc) is 0.819. The van der Waals surface area contributed by atoms with Crippen LogP contribution < -0.4 is 47.3 Å². The smallest absolute Gasteiger partial charge is 0.417 e. The first-order chi connectivity index (χ1) is 52.0. The molecule has 0 saturated carbocycles. The molecule has 0 aliphatic heterocycles. The van der Waals surface area contributed by atoms with Crippen molar-refractivity contribution in [1.82, 2.24) is 42.5 Å². The monoisotopic (exact) mass is 1600 g/mol. The Hall–Kier alpha value is -12.4. The molecule has 9 N–H and O–H groups in total. The quantitative estimate of drug-likeness (QED) is 0.0211. The van der Waals surface area contributed by atoms with E-state index < -0.39 is 55.9 Å². The van der Waals surface area contributed by atoms with Crippen molar-refractivity contribution >= 4 is 105 Å². The number of nitro groups is 3. The molecule has 1 atom stereocenters. The minimum atomic E-state index is -4.75. The molecule has 0 spiro atoms. The fourth-order valence-corrected chi connectivity index (χ4v) is 9.74. The van der Waals surface area contributed by atoms with Gasteiger partial charge in [-0.2, -0.15) is 18.4 Å². The van der Waals surface area contributed by atoms with E-state index in [1.807, 2.05) is 79.7 Å². The predicted octanol–water partition coefficient (Wildman–Crippen LogP) is 14.3. The van der Waals surface area contributed by atoms with E-state index in [0.29, 0.717) is 70.9 Å². The Bertz CT molecular complexity index is 4670. The van der Waals surface area contributed by atoms with Gasteiger partial charge in [0.25, 0.3) is 58.4 Å². The molecule has 0 saturated heterocycles. The topological polar surface area (TPSA) is 398 Å². The molecule has 35 heteroatoms. The number of aryl methyl sites for hydroxylation is 3. The van der Waals surface area contributed by atoms with Crippen LogP contribution in [-0.2, 0) is 6.18 Å². The number of benzene rings is 9. The van der Waals surface area contributed by atoms with E-state index in [-0.39, 0.29) is 52.2 Å². The lowest BCUT2D eigenvalue weighted by Crippen LogP contribution is -2.22. The highest BCUT2D eigenvalue weighted by molar-refractivity contribution is 6.39. The van der Waals surface area contributed by atoms with Gasteiger partial charge in [-0.1, -0.05) is 119 Å². The number of ether oxygens (including phenoxy) is 1. The number of non-ortho nitro benzene ring substituents is 2. The molecule has 0 fully saturated rings. The molecule has 0 aliphatic rings. The number of nitrogens with zero attached hydrogens (tertiary/aromatic N) is 4. The summed E-state index contributed by atoms with van der Waals surface area (Å²) in [6.07, 6.45) is -5.47. The van der Waals surface area contributed by atoms with Crippen molar-refractivity contribution < 1.29 is 75.7 Å². The summed E-state index contributed by atoms with van der Waals surface area (Å²) in [6.45, 7) is 5.25. The van der Waals surface area contributed by atoms with Crippen molar-refractivity contribution in [3.05, 3.63) is 317 Å². The molecule has 0 aromatic heterocycles. The van der Waals surface area contributed by atoms with Crippen molar-refractivity contribution in [2.45, 2.75) is 33.2 Å². The zero-order chi connectivity index (χ0) is 83.1. The number of rotatable bonds is 14. The molecule has 0 aliphatic carbocycles. The number of carbonyl (C=O) groups is 7. The summed E-state index contributed by atoms with van der Waals surface area (Å²) in [4.78, 5) is 108. The molecule has 27 nitrogen and oxygen atoms in total. The van der Waals surface area contributed by atoms with Crippen molar-refractivity contribution in [2.75, 3.05) is 56.4 Å². The van der Waals surface area contributed by atoms with Gasteiger partial charge in [0.2, 0.25) is 0 Å². The standard InChI is InChI=1S/C14H15NO2.C9H7ClN2O.C9H10ClNO.C9H7F4NO.2C9H10N2O3.C8H7Cl2NO.C8H8N2O3/c1-15-14(16)12-9-5-6-10-13(12)17-11-7-3-2-4-8-11;1-12-9(13)7-4-6(5-11)2-3-8(7)10;1-6-4-3-5-7(10)8(6)9(12)11-2;1-14-8(15)6-3-2-5(10)4-7(6)9(11,12)13;1-6-5-7(11(13)14)3-4-8(6)9(12)10-2;1-6-3-4-7(11(13)14)5-8(6)9(12)10-2;1-11-8(12)7-5(9)3-2-4-6(7)10;1-9-8(11)6-4-2-3-5-7(6)10(12)13/h2-10,14-16H,1H3;2-4H,1H3,(H,12,13);3-5H,1-2H3,(H,11,12);2-4H,1H3,(H,14,15);2*3-5H,1-2H3,(H,10,12);2-4H,1H3,(H,11,12);2-5H,1H3,(H,9,11). The van der Waals surface area contributed by atoms with E-state index >= 15 is 0 Å². The van der Waals surface area contributed by atoms with Gasteiger partial charge in [0.15, 0.2) is 0 Å². The molecular weight excluding hydrogens is 1530 g/mol. The normalized spacial score (nSPS) is 10.1. The lowest BCUT2D eigenvalue weighted by atomic mass is 10.1. The second-order valence-electron chi connectivity index (χ2n) is 21.5. The van der Waals surface area contributed by atoms with Gasteiger partial charge in [-0.15, -0.1) is 0 Å². The first kappa shape index (κ1) is 93.6. The number of hydrogen-bond acceptors (Lipinski definition) is 17. The van der Waals surface area contributed by atoms with Crippen LogP contribution in [0.1, 0.15) is 112 Å². The van der Waals surface area contributed by atoms with Crippen molar-refractivity contribution in [3.63, 3.8) is 0 Å². The van der Waals surface area contributed by atoms with Crippen LogP contribution in [0.3, 0.4) is 0 Å². The fraction of sp³-hybridized carbons (Fsp3) is 0.173. The second kappa shape index (κ2) is 47.3. The Morgan fingerprint density at radius 3 is 1.41 bits per heavy atom. The third-order valence-electron chi connectivity index (χ3n) is 14.2. The van der Waals surface area contributed by atoms with Gasteiger partial charge in [-0.05, 0) is 129 Å². The van der Waals surface area contributed by atoms with Crippen LogP contribution in [0.15, 0.2) is 188 Å². The van der Waals surface area contributed by atoms with E-state index in [1.165, 1.54) is 103 Å². The molecule has 0 heterocycles. The summed E-state index contributed by atoms with van der Waals surface area (Å²) >= 11 is 23.1. The van der Waals surface area contributed by atoms with Crippen molar-refractivity contribution in [1.29, 1.82) is 5.26 Å². The van der Waals surface area contributed by atoms with E-state index in [4.69, 9.17) is 56.4 Å². The highest BCUT2D eigenvalue weighted by Gasteiger charge is 2.35. The molecule has 7 amide bonds. The number of alkyl halides is 3. The van der Waals surface area contributed by atoms with Gasteiger partial charge in [-0.25, -0.2) is 4.39 Å². The van der Waals surface area contributed by atoms with Gasteiger partial charge >= 0.3 is 6.18 Å². The number of amides is 7. The molecule has 580 valence electrons. The van der Waals surface area contributed by atoms with Gasteiger partial charge < -0.3 is 47.1 Å². The van der Waals surface area contributed by atoms with Crippen LogP contribution in [0.4, 0.5) is 34.6 Å². The summed E-state index contributed by atoms with van der Waals surface area (Å²) in [5.41, 5.74) is 3.29. The lowest BCUT2D eigenvalue weighted by Gasteiger charge is -2.15. The van der Waals surface area contributed by atoms with Crippen LogP contribution in [-0.4, -0.2) is 118 Å². The maximum absolute atomic E-state index is 12.6. The van der Waals surface area contributed by atoms with Gasteiger partial charge in [0.1, 0.15) is 29.1 Å². The molecule has 110 heavy (non-hydrogen) atoms. The van der Waals surface area contributed by atoms with E-state index in [0.717, 1.165) is 34.6 Å². The van der Waals surface area contributed by atoms with Gasteiger partial charge in [0.05, 0.1) is 74.3 Å². The number of carbonyl (C=O) groups excluding carboxylic acids is 7. The largest absolute Gasteiger partial charge is 0.457 e. The van der Waals surface area contributed by atoms with Crippen LogP contribution in [0.25, 0.3) is 0 Å². The van der Waals surface area contributed by atoms with Crippen molar-refractivity contribution in [3.8, 4) is 17.6 Å². The molecule has 0 radical (unpaired) electrons. The van der Waals surface area contributed by atoms with Crippen molar-refractivity contribution in [2.24, 2.45) is 0 Å². The molecule has 1 unspecified atom stereocenters. The van der Waals surface area contributed by atoms with Gasteiger partial charge in [-0.3, -0.25) is 69.2 Å². The number of aliphatic hydroxyl groups excluding tert-OH is 1. The molecule has 0 bridgehead atoms. The van der Waals surface area contributed by atoms with E-state index in [2.05, 4.69) is 42.5 Å². The zero-order valence-electron chi connectivity index (χ0n) is 60.5. The summed E-state index contributed by atoms with van der Waals surface area (Å²) in [5, 5.41) is 70.8. The summed E-state index contributed by atoms with van der Waals surface area (Å²) in [5.74, 6) is -2.23. The predicted molar refractivity (Wildman–Crippen MR) is 410 cm³/mol. The number of aliphatic hydroxyl groups is 1. The molecule has 9 rings (SSSR count). The summed E-state index contributed by atoms with van der Waals surface area (Å²) < 4.78 is 55.5. The maximum Gasteiger partial charge on any atom is 0.417 e. The zero-order valence-corrected chi connectivity index (χ0v) is 63.5. The van der Waals surface area contributed by atoms with E-state index in [9.17, 15) is 86.6 Å². The highest BCUT2D eigenvalue weighted by atomic mass is 35.5. The van der Waals surface area contributed by atoms with Crippen LogP contribution in [0.5, 0.6) is 11.5 Å². The Balaban J connectivity index is 0.000000428. The number of halogens is 8. The number of para-hydroxylation sites is 3. The molecule has 9 aromatic rings. The minimum Gasteiger partial charge on any atom is -0.457 e. The highest BCUT2D eigenvalue weighted by Crippen LogP contribution is 2.33. The van der Waals surface area contributed by atoms with Crippen LogP contribution in [0.2, 0.25) is 20.1 Å². The first-order valence-corrected chi connectivity index (χ1v) is 33.2.